The predicted octanol–water partition coefficient (Wildman–Crippen LogP) is 3.76. The highest BCUT2D eigenvalue weighted by molar-refractivity contribution is 5.95. The van der Waals surface area contributed by atoms with Gasteiger partial charge in [-0.15, -0.1) is 0 Å². The van der Waals surface area contributed by atoms with Crippen molar-refractivity contribution >= 4 is 17.5 Å². The van der Waals surface area contributed by atoms with Gasteiger partial charge in [0, 0.05) is 30.6 Å². The van der Waals surface area contributed by atoms with Crippen molar-refractivity contribution in [3.8, 4) is 0 Å². The van der Waals surface area contributed by atoms with Crippen LogP contribution in [0.15, 0.2) is 30.3 Å². The van der Waals surface area contributed by atoms with Gasteiger partial charge in [0.25, 0.3) is 0 Å². The summed E-state index contributed by atoms with van der Waals surface area (Å²) in [5.41, 5.74) is 0.962. The Morgan fingerprint density at radius 2 is 1.67 bits per heavy atom. The number of hydrogen-bond donors (Lipinski definition) is 1. The second-order valence-corrected chi connectivity index (χ2v) is 6.61. The first kappa shape index (κ1) is 18.5. The van der Waals surface area contributed by atoms with Crippen LogP contribution >= 0.6 is 0 Å². The number of benzene rings is 1. The van der Waals surface area contributed by atoms with Gasteiger partial charge in [-0.05, 0) is 51.2 Å². The number of hydrogen-bond acceptors (Lipinski definition) is 2. The Balaban J connectivity index is 1.87. The van der Waals surface area contributed by atoms with Gasteiger partial charge in [0.2, 0.25) is 11.8 Å². The van der Waals surface area contributed by atoms with Gasteiger partial charge in [-0.2, -0.15) is 0 Å². The Morgan fingerprint density at radius 3 is 2.25 bits per heavy atom. The number of para-hydroxylation sites is 1. The fraction of sp³-hybridized carbons (Fsp3) is 0.600. The zero-order valence-electron chi connectivity index (χ0n) is 15.0. The molecule has 1 N–H and O–H groups in total. The summed E-state index contributed by atoms with van der Waals surface area (Å²) in [4.78, 5) is 26.9. The highest BCUT2D eigenvalue weighted by atomic mass is 16.2. The van der Waals surface area contributed by atoms with E-state index in [-0.39, 0.29) is 23.7 Å². The largest absolute Gasteiger partial charge is 0.356 e. The molecule has 4 heteroatoms. The number of carbonyl (C=O) groups is 2. The van der Waals surface area contributed by atoms with Crippen molar-refractivity contribution in [2.24, 2.45) is 11.8 Å². The third kappa shape index (κ3) is 4.83. The van der Waals surface area contributed by atoms with E-state index in [9.17, 15) is 9.59 Å². The number of amides is 2. The molecule has 0 atom stereocenters. The molecule has 4 nitrogen and oxygen atoms in total. The summed E-state index contributed by atoms with van der Waals surface area (Å²) >= 11 is 0. The molecule has 0 aromatic heterocycles. The molecule has 2 amide bonds. The number of rotatable bonds is 7. The first-order valence-corrected chi connectivity index (χ1v) is 9.31. The maximum Gasteiger partial charge on any atom is 0.230 e. The molecule has 1 aliphatic rings. The van der Waals surface area contributed by atoms with E-state index < -0.39 is 0 Å². The second-order valence-electron chi connectivity index (χ2n) is 6.61. The van der Waals surface area contributed by atoms with Crippen molar-refractivity contribution in [2.75, 3.05) is 18.0 Å². The van der Waals surface area contributed by atoms with E-state index in [0.717, 1.165) is 50.8 Å². The summed E-state index contributed by atoms with van der Waals surface area (Å²) < 4.78 is 0. The van der Waals surface area contributed by atoms with Gasteiger partial charge in [-0.1, -0.05) is 31.5 Å². The van der Waals surface area contributed by atoms with Crippen LogP contribution in [0.3, 0.4) is 0 Å². The molecule has 1 saturated carbocycles. The van der Waals surface area contributed by atoms with E-state index in [2.05, 4.69) is 12.2 Å². The standard InChI is InChI=1S/C20H30N2O2/c1-3-5-15-21-19(23)16-11-13-17(14-12-16)20(24)22(4-2)18-9-7-6-8-10-18/h6-10,16-17H,3-5,11-15H2,1-2H3,(H,21,23). The maximum absolute atomic E-state index is 12.8. The molecule has 0 saturated heterocycles. The minimum absolute atomic E-state index is 0.0462. The van der Waals surface area contributed by atoms with Gasteiger partial charge in [0.05, 0.1) is 0 Å². The minimum atomic E-state index is 0.0462. The number of nitrogens with zero attached hydrogens (tertiary/aromatic N) is 1. The molecule has 1 aromatic carbocycles. The normalized spacial score (nSPS) is 20.4. The van der Waals surface area contributed by atoms with E-state index in [1.165, 1.54) is 0 Å². The molecule has 2 rings (SSSR count). The number of unbranched alkanes of at least 4 members (excludes halogenated alkanes) is 1. The first-order chi connectivity index (χ1) is 11.7. The smallest absolute Gasteiger partial charge is 0.230 e. The fourth-order valence-electron chi connectivity index (χ4n) is 3.43. The molecule has 1 aliphatic carbocycles. The molecule has 0 heterocycles. The lowest BCUT2D eigenvalue weighted by atomic mass is 9.81. The van der Waals surface area contributed by atoms with Crippen LogP contribution in [-0.2, 0) is 9.59 Å². The highest BCUT2D eigenvalue weighted by Crippen LogP contribution is 2.31. The molecule has 24 heavy (non-hydrogen) atoms. The molecular weight excluding hydrogens is 300 g/mol. The SMILES string of the molecule is CCCCNC(=O)C1CCC(C(=O)N(CC)c2ccccc2)CC1. The van der Waals surface area contributed by atoms with Crippen molar-refractivity contribution in [3.63, 3.8) is 0 Å². The predicted molar refractivity (Wildman–Crippen MR) is 97.8 cm³/mol. The molecule has 1 aromatic rings. The number of nitrogens with one attached hydrogen (secondary N) is 1. The quantitative estimate of drug-likeness (QED) is 0.774. The Labute approximate surface area is 145 Å². The Hall–Kier alpha value is -1.84. The van der Waals surface area contributed by atoms with Crippen LogP contribution in [0.25, 0.3) is 0 Å². The topological polar surface area (TPSA) is 49.4 Å². The molecule has 1 fully saturated rings. The van der Waals surface area contributed by atoms with Gasteiger partial charge < -0.3 is 10.2 Å². The molecule has 0 spiro atoms. The molecule has 132 valence electrons. The van der Waals surface area contributed by atoms with Crippen molar-refractivity contribution in [2.45, 2.75) is 52.4 Å². The van der Waals surface area contributed by atoms with Gasteiger partial charge >= 0.3 is 0 Å². The van der Waals surface area contributed by atoms with Crippen molar-refractivity contribution in [3.05, 3.63) is 30.3 Å². The van der Waals surface area contributed by atoms with Crippen LogP contribution in [0.1, 0.15) is 52.4 Å². The zero-order valence-corrected chi connectivity index (χ0v) is 15.0. The Bertz CT molecular complexity index is 522. The summed E-state index contributed by atoms with van der Waals surface area (Å²) in [6, 6.07) is 9.85. The van der Waals surface area contributed by atoms with E-state index >= 15 is 0 Å². The number of carbonyl (C=O) groups excluding carboxylic acids is 2. The lowest BCUT2D eigenvalue weighted by molar-refractivity contribution is -0.129. The third-order valence-corrected chi connectivity index (χ3v) is 4.93. The minimum Gasteiger partial charge on any atom is -0.356 e. The fourth-order valence-corrected chi connectivity index (χ4v) is 3.43. The summed E-state index contributed by atoms with van der Waals surface area (Å²) in [5, 5.41) is 3.02. The van der Waals surface area contributed by atoms with Crippen LogP contribution in [0.4, 0.5) is 5.69 Å². The van der Waals surface area contributed by atoms with E-state index in [1.807, 2.05) is 42.2 Å². The van der Waals surface area contributed by atoms with Gasteiger partial charge in [0.15, 0.2) is 0 Å². The van der Waals surface area contributed by atoms with E-state index in [4.69, 9.17) is 0 Å². The van der Waals surface area contributed by atoms with Gasteiger partial charge in [-0.25, -0.2) is 0 Å². The van der Waals surface area contributed by atoms with Crippen LogP contribution in [-0.4, -0.2) is 24.9 Å². The lowest BCUT2D eigenvalue weighted by Gasteiger charge is -2.31. The van der Waals surface area contributed by atoms with Crippen molar-refractivity contribution in [1.82, 2.24) is 5.32 Å². The zero-order chi connectivity index (χ0) is 17.4. The average molecular weight is 330 g/mol. The summed E-state index contributed by atoms with van der Waals surface area (Å²) in [6.07, 6.45) is 5.39. The van der Waals surface area contributed by atoms with Crippen LogP contribution in [0.2, 0.25) is 0 Å². The molecule has 0 bridgehead atoms. The molecular formula is C20H30N2O2. The average Bonchev–Trinajstić information content (AvgIpc) is 2.63. The summed E-state index contributed by atoms with van der Waals surface area (Å²) in [7, 11) is 0. The lowest BCUT2D eigenvalue weighted by Crippen LogP contribution is -2.40. The molecule has 0 unspecified atom stereocenters. The van der Waals surface area contributed by atoms with Crippen molar-refractivity contribution in [1.29, 1.82) is 0 Å². The third-order valence-electron chi connectivity index (χ3n) is 4.93. The van der Waals surface area contributed by atoms with Crippen molar-refractivity contribution < 1.29 is 9.59 Å². The van der Waals surface area contributed by atoms with E-state index in [1.54, 1.807) is 0 Å². The van der Waals surface area contributed by atoms with Gasteiger partial charge in [0.1, 0.15) is 0 Å². The van der Waals surface area contributed by atoms with Crippen LogP contribution in [0, 0.1) is 11.8 Å². The summed E-state index contributed by atoms with van der Waals surface area (Å²) in [6.45, 7) is 5.58. The summed E-state index contributed by atoms with van der Waals surface area (Å²) in [5.74, 6) is 0.501. The Morgan fingerprint density at radius 1 is 1.04 bits per heavy atom. The number of anilines is 1. The molecule has 0 aliphatic heterocycles. The van der Waals surface area contributed by atoms with Crippen LogP contribution < -0.4 is 10.2 Å². The van der Waals surface area contributed by atoms with Gasteiger partial charge in [-0.3, -0.25) is 9.59 Å². The Kier molecular flexibility index (Phi) is 7.29. The second kappa shape index (κ2) is 9.45. The van der Waals surface area contributed by atoms with E-state index in [0.29, 0.717) is 6.54 Å². The highest BCUT2D eigenvalue weighted by Gasteiger charge is 2.32. The first-order valence-electron chi connectivity index (χ1n) is 9.31. The molecule has 0 radical (unpaired) electrons. The monoisotopic (exact) mass is 330 g/mol. The maximum atomic E-state index is 12.8. The van der Waals surface area contributed by atoms with Crippen LogP contribution in [0.5, 0.6) is 0 Å².